The molecule has 148 valence electrons. The Labute approximate surface area is 167 Å². The van der Waals surface area contributed by atoms with E-state index in [2.05, 4.69) is 0 Å². The Morgan fingerprint density at radius 2 is 1.86 bits per heavy atom. The van der Waals surface area contributed by atoms with Crippen LogP contribution in [0.15, 0.2) is 65.6 Å². The van der Waals surface area contributed by atoms with E-state index in [0.29, 0.717) is 24.1 Å². The first-order valence-corrected chi connectivity index (χ1v) is 9.50. The summed E-state index contributed by atoms with van der Waals surface area (Å²) >= 11 is 0. The summed E-state index contributed by atoms with van der Waals surface area (Å²) in [6.45, 7) is 2.08. The fraction of sp³-hybridized carbons (Fsp3) is 0.217. The fourth-order valence-corrected chi connectivity index (χ4v) is 3.82. The number of hydrogen-bond donors (Lipinski definition) is 0. The molecule has 0 unspecified atom stereocenters. The molecule has 2 heterocycles. The molecule has 0 bridgehead atoms. The summed E-state index contributed by atoms with van der Waals surface area (Å²) in [7, 11) is 0. The second-order valence-corrected chi connectivity index (χ2v) is 7.32. The number of halogens is 2. The highest BCUT2D eigenvalue weighted by molar-refractivity contribution is 6.06. The van der Waals surface area contributed by atoms with Crippen molar-refractivity contribution in [3.05, 3.63) is 99.5 Å². The van der Waals surface area contributed by atoms with Crippen molar-refractivity contribution in [1.29, 1.82) is 0 Å². The molecule has 4 rings (SSSR count). The zero-order valence-electron chi connectivity index (χ0n) is 15.9. The molecule has 0 spiro atoms. The van der Waals surface area contributed by atoms with Gasteiger partial charge in [-0.15, -0.1) is 0 Å². The van der Waals surface area contributed by atoms with Crippen molar-refractivity contribution < 1.29 is 13.6 Å². The number of nitrogens with zero attached hydrogens (tertiary/aromatic N) is 2. The van der Waals surface area contributed by atoms with Gasteiger partial charge in [-0.25, -0.2) is 8.78 Å². The number of rotatable bonds is 3. The number of anilines is 1. The van der Waals surface area contributed by atoms with Crippen LogP contribution in [-0.2, 0) is 13.0 Å². The summed E-state index contributed by atoms with van der Waals surface area (Å²) in [5.41, 5.74) is 1.61. The normalized spacial score (nSPS) is 15.8. The van der Waals surface area contributed by atoms with Crippen LogP contribution in [0.5, 0.6) is 0 Å². The van der Waals surface area contributed by atoms with Crippen LogP contribution in [-0.4, -0.2) is 16.5 Å². The Kier molecular flexibility index (Phi) is 5.01. The highest BCUT2D eigenvalue weighted by Crippen LogP contribution is 2.32. The lowest BCUT2D eigenvalue weighted by atomic mass is 9.95. The van der Waals surface area contributed by atoms with Gasteiger partial charge in [-0.1, -0.05) is 12.1 Å². The van der Waals surface area contributed by atoms with E-state index in [1.165, 1.54) is 34.9 Å². The molecule has 0 radical (unpaired) electrons. The third-order valence-corrected chi connectivity index (χ3v) is 5.28. The maximum absolute atomic E-state index is 13.6. The lowest BCUT2D eigenvalue weighted by Crippen LogP contribution is -2.44. The molecule has 0 saturated heterocycles. The van der Waals surface area contributed by atoms with Gasteiger partial charge in [-0.05, 0) is 73.4 Å². The number of aromatic nitrogens is 1. The van der Waals surface area contributed by atoms with Crippen LogP contribution in [0.25, 0.3) is 0 Å². The van der Waals surface area contributed by atoms with Crippen LogP contribution in [0.3, 0.4) is 0 Å². The van der Waals surface area contributed by atoms with Crippen LogP contribution in [0.4, 0.5) is 14.5 Å². The van der Waals surface area contributed by atoms with Crippen molar-refractivity contribution in [2.45, 2.75) is 32.4 Å². The number of amides is 1. The van der Waals surface area contributed by atoms with Gasteiger partial charge in [0.25, 0.3) is 11.5 Å². The number of fused-ring (bicyclic) bond motifs is 1. The van der Waals surface area contributed by atoms with Crippen molar-refractivity contribution >= 4 is 11.6 Å². The summed E-state index contributed by atoms with van der Waals surface area (Å²) < 4.78 is 28.5. The topological polar surface area (TPSA) is 42.3 Å². The summed E-state index contributed by atoms with van der Waals surface area (Å²) in [6, 6.07) is 13.4. The minimum atomic E-state index is -0.441. The molecule has 1 atom stereocenters. The number of aryl methyl sites for hydroxylation is 1. The predicted molar refractivity (Wildman–Crippen MR) is 107 cm³/mol. The van der Waals surface area contributed by atoms with E-state index in [4.69, 9.17) is 0 Å². The number of pyridine rings is 1. The van der Waals surface area contributed by atoms with Crippen molar-refractivity contribution in [3.63, 3.8) is 0 Å². The van der Waals surface area contributed by atoms with Gasteiger partial charge in [0.1, 0.15) is 17.2 Å². The second-order valence-electron chi connectivity index (χ2n) is 7.32. The van der Waals surface area contributed by atoms with Gasteiger partial charge in [0.15, 0.2) is 0 Å². The zero-order valence-corrected chi connectivity index (χ0v) is 15.9. The minimum absolute atomic E-state index is 0.0351. The van der Waals surface area contributed by atoms with Gasteiger partial charge < -0.3 is 9.47 Å². The SMILES string of the molecule is C[C@H]1CCc2cc(F)ccc2N1C(=O)c1cccn(Cc2cccc(F)c2)c1=O. The molecule has 1 aliphatic rings. The third-order valence-electron chi connectivity index (χ3n) is 5.28. The summed E-state index contributed by atoms with van der Waals surface area (Å²) in [5.74, 6) is -1.14. The number of carbonyl (C=O) groups excluding carboxylic acids is 1. The van der Waals surface area contributed by atoms with Gasteiger partial charge in [0.2, 0.25) is 0 Å². The highest BCUT2D eigenvalue weighted by Gasteiger charge is 2.30. The maximum atomic E-state index is 13.6. The number of benzene rings is 2. The van der Waals surface area contributed by atoms with E-state index in [1.54, 1.807) is 35.4 Å². The molecule has 1 aromatic heterocycles. The molecule has 0 saturated carbocycles. The van der Waals surface area contributed by atoms with Crippen LogP contribution >= 0.6 is 0 Å². The predicted octanol–water partition coefficient (Wildman–Crippen LogP) is 4.16. The first kappa shape index (κ1) is 19.1. The lowest BCUT2D eigenvalue weighted by molar-refractivity contribution is 0.0973. The lowest BCUT2D eigenvalue weighted by Gasteiger charge is -2.35. The Bertz CT molecular complexity index is 1140. The molecule has 2 aromatic carbocycles. The van der Waals surface area contributed by atoms with E-state index >= 15 is 0 Å². The quantitative estimate of drug-likeness (QED) is 0.670. The van der Waals surface area contributed by atoms with Gasteiger partial charge in [-0.3, -0.25) is 9.59 Å². The zero-order chi connectivity index (χ0) is 20.5. The number of carbonyl (C=O) groups is 1. The molecule has 1 aliphatic heterocycles. The average molecular weight is 394 g/mol. The molecule has 4 nitrogen and oxygen atoms in total. The van der Waals surface area contributed by atoms with E-state index in [9.17, 15) is 18.4 Å². The Hall–Kier alpha value is -3.28. The Morgan fingerprint density at radius 3 is 2.66 bits per heavy atom. The summed E-state index contributed by atoms with van der Waals surface area (Å²) in [4.78, 5) is 27.8. The Balaban J connectivity index is 1.71. The van der Waals surface area contributed by atoms with Crippen LogP contribution < -0.4 is 10.5 Å². The van der Waals surface area contributed by atoms with E-state index < -0.39 is 11.5 Å². The fourth-order valence-electron chi connectivity index (χ4n) is 3.82. The monoisotopic (exact) mass is 394 g/mol. The molecule has 6 heteroatoms. The highest BCUT2D eigenvalue weighted by atomic mass is 19.1. The molecule has 0 aliphatic carbocycles. The van der Waals surface area contributed by atoms with Gasteiger partial charge in [0.05, 0.1) is 6.54 Å². The first-order valence-electron chi connectivity index (χ1n) is 9.50. The van der Waals surface area contributed by atoms with Crippen molar-refractivity contribution in [2.24, 2.45) is 0 Å². The average Bonchev–Trinajstić information content (AvgIpc) is 2.69. The van der Waals surface area contributed by atoms with Gasteiger partial charge in [-0.2, -0.15) is 0 Å². The second kappa shape index (κ2) is 7.62. The molecule has 1 amide bonds. The molecule has 3 aromatic rings. The molecular formula is C23H20F2N2O2. The van der Waals surface area contributed by atoms with Crippen molar-refractivity contribution in [3.8, 4) is 0 Å². The van der Waals surface area contributed by atoms with Gasteiger partial charge >= 0.3 is 0 Å². The van der Waals surface area contributed by atoms with E-state index in [0.717, 1.165) is 5.56 Å². The summed E-state index contributed by atoms with van der Waals surface area (Å²) in [6.07, 6.45) is 2.94. The first-order chi connectivity index (χ1) is 13.9. The smallest absolute Gasteiger partial charge is 0.264 e. The van der Waals surface area contributed by atoms with Crippen LogP contribution in [0.2, 0.25) is 0 Å². The van der Waals surface area contributed by atoms with E-state index in [-0.39, 0.29) is 29.8 Å². The van der Waals surface area contributed by atoms with Crippen LogP contribution in [0.1, 0.15) is 34.8 Å². The third kappa shape index (κ3) is 3.70. The minimum Gasteiger partial charge on any atom is -0.310 e. The van der Waals surface area contributed by atoms with Gasteiger partial charge in [0, 0.05) is 17.9 Å². The standard InChI is InChI=1S/C23H20F2N2O2/c1-15-7-8-17-13-19(25)9-10-21(17)27(15)23(29)20-6-3-11-26(22(20)28)14-16-4-2-5-18(24)12-16/h2-6,9-13,15H,7-8,14H2,1H3/t15-/m0/s1. The Morgan fingerprint density at radius 1 is 1.07 bits per heavy atom. The largest absolute Gasteiger partial charge is 0.310 e. The van der Waals surface area contributed by atoms with Crippen LogP contribution in [0, 0.1) is 11.6 Å². The van der Waals surface area contributed by atoms with Crippen molar-refractivity contribution in [1.82, 2.24) is 4.57 Å². The van der Waals surface area contributed by atoms with E-state index in [1.807, 2.05) is 6.92 Å². The molecule has 29 heavy (non-hydrogen) atoms. The molecule has 0 N–H and O–H groups in total. The molecule has 0 fully saturated rings. The summed E-state index contributed by atoms with van der Waals surface area (Å²) in [5, 5.41) is 0. The number of hydrogen-bond acceptors (Lipinski definition) is 2. The molecular weight excluding hydrogens is 374 g/mol. The van der Waals surface area contributed by atoms with Crippen molar-refractivity contribution in [2.75, 3.05) is 4.90 Å². The maximum Gasteiger partial charge on any atom is 0.264 e.